The number of rotatable bonds is 7. The van der Waals surface area contributed by atoms with Gasteiger partial charge in [-0.2, -0.15) is 0 Å². The summed E-state index contributed by atoms with van der Waals surface area (Å²) >= 11 is 9.62. The van der Waals surface area contributed by atoms with Crippen LogP contribution in [-0.4, -0.2) is 38.1 Å². The molecule has 0 aromatic heterocycles. The first-order chi connectivity index (χ1) is 11.5. The van der Waals surface area contributed by atoms with Crippen molar-refractivity contribution in [3.63, 3.8) is 0 Å². The lowest BCUT2D eigenvalue weighted by Gasteiger charge is -2.26. The summed E-state index contributed by atoms with van der Waals surface area (Å²) in [5, 5.41) is 3.59. The van der Waals surface area contributed by atoms with Crippen molar-refractivity contribution >= 4 is 33.4 Å². The van der Waals surface area contributed by atoms with Gasteiger partial charge >= 0.3 is 0 Å². The molecule has 2 aromatic rings. The molecule has 0 unspecified atom stereocenters. The number of benzene rings is 2. The molecule has 2 rings (SSSR count). The molecule has 6 heteroatoms. The first kappa shape index (κ1) is 18.8. The fourth-order valence-electron chi connectivity index (χ4n) is 2.26. The molecule has 0 aliphatic rings. The number of hydrogen-bond donors (Lipinski definition) is 1. The molecule has 0 radical (unpaired) electrons. The van der Waals surface area contributed by atoms with Crippen LogP contribution < -0.4 is 10.1 Å². The van der Waals surface area contributed by atoms with E-state index in [1.807, 2.05) is 67.5 Å². The molecule has 1 N–H and O–H groups in total. The number of nitrogens with zero attached hydrogens (tertiary/aromatic N) is 1. The van der Waals surface area contributed by atoms with Crippen molar-refractivity contribution in [2.75, 3.05) is 27.2 Å². The van der Waals surface area contributed by atoms with Gasteiger partial charge in [0.25, 0.3) is 5.91 Å². The van der Waals surface area contributed by atoms with Crippen LogP contribution in [0.2, 0.25) is 5.02 Å². The summed E-state index contributed by atoms with van der Waals surface area (Å²) in [6.45, 7) is 0.434. The molecule has 0 saturated heterocycles. The number of likely N-dealkylation sites (N-methyl/N-ethyl adjacent to an activating group) is 1. The average molecular weight is 412 g/mol. The van der Waals surface area contributed by atoms with Crippen molar-refractivity contribution < 1.29 is 9.53 Å². The first-order valence-corrected chi connectivity index (χ1v) is 8.70. The van der Waals surface area contributed by atoms with Crippen molar-refractivity contribution in [3.8, 4) is 5.75 Å². The molecule has 1 atom stereocenters. The summed E-state index contributed by atoms with van der Waals surface area (Å²) in [5.74, 6) is 0.487. The van der Waals surface area contributed by atoms with Crippen LogP contribution in [0, 0.1) is 0 Å². The molecule has 0 aliphatic carbocycles. The molecule has 2 aromatic carbocycles. The molecule has 0 saturated carbocycles. The zero-order valence-corrected chi connectivity index (χ0v) is 16.0. The van der Waals surface area contributed by atoms with Crippen molar-refractivity contribution in [3.05, 3.63) is 63.6 Å². The van der Waals surface area contributed by atoms with Gasteiger partial charge in [-0.05, 0) is 50.0 Å². The maximum Gasteiger partial charge on any atom is 0.258 e. The summed E-state index contributed by atoms with van der Waals surface area (Å²) in [7, 11) is 3.91. The molecule has 4 nitrogen and oxygen atoms in total. The highest BCUT2D eigenvalue weighted by Gasteiger charge is 2.17. The largest absolute Gasteiger partial charge is 0.484 e. The quantitative estimate of drug-likeness (QED) is 0.751. The lowest BCUT2D eigenvalue weighted by atomic mass is 10.1. The van der Waals surface area contributed by atoms with Crippen molar-refractivity contribution in [1.82, 2.24) is 10.2 Å². The molecule has 24 heavy (non-hydrogen) atoms. The van der Waals surface area contributed by atoms with E-state index in [0.717, 1.165) is 10.0 Å². The minimum absolute atomic E-state index is 0.00432. The van der Waals surface area contributed by atoms with Gasteiger partial charge in [0, 0.05) is 16.0 Å². The van der Waals surface area contributed by atoms with E-state index in [-0.39, 0.29) is 18.6 Å². The van der Waals surface area contributed by atoms with Gasteiger partial charge < -0.3 is 15.0 Å². The maximum atomic E-state index is 12.0. The Kier molecular flexibility index (Phi) is 7.09. The molecular formula is C18H20BrClN2O2. The molecule has 0 spiro atoms. The predicted molar refractivity (Wildman–Crippen MR) is 101 cm³/mol. The highest BCUT2D eigenvalue weighted by molar-refractivity contribution is 9.10. The van der Waals surface area contributed by atoms with E-state index in [1.165, 1.54) is 0 Å². The van der Waals surface area contributed by atoms with Crippen LogP contribution in [0.4, 0.5) is 0 Å². The van der Waals surface area contributed by atoms with E-state index < -0.39 is 0 Å². The van der Waals surface area contributed by atoms with E-state index >= 15 is 0 Å². The highest BCUT2D eigenvalue weighted by atomic mass is 79.9. The number of hydrogen-bond acceptors (Lipinski definition) is 3. The second-order valence-corrected chi connectivity index (χ2v) is 6.87. The number of halogens is 2. The Bertz CT molecular complexity index is 677. The minimum atomic E-state index is -0.170. The van der Waals surface area contributed by atoms with Gasteiger partial charge in [-0.3, -0.25) is 4.79 Å². The van der Waals surface area contributed by atoms with Crippen LogP contribution in [0.5, 0.6) is 5.75 Å². The van der Waals surface area contributed by atoms with Gasteiger partial charge in [0.1, 0.15) is 5.75 Å². The topological polar surface area (TPSA) is 41.6 Å². The third-order valence-corrected chi connectivity index (χ3v) is 4.44. The number of amides is 1. The normalized spacial score (nSPS) is 12.0. The Morgan fingerprint density at radius 3 is 2.50 bits per heavy atom. The van der Waals surface area contributed by atoms with Crippen LogP contribution >= 0.6 is 27.5 Å². The molecular weight excluding hydrogens is 392 g/mol. The number of carbonyl (C=O) groups is 1. The molecule has 0 fully saturated rings. The van der Waals surface area contributed by atoms with E-state index in [0.29, 0.717) is 17.3 Å². The maximum absolute atomic E-state index is 12.0. The van der Waals surface area contributed by atoms with Gasteiger partial charge in [-0.15, -0.1) is 0 Å². The van der Waals surface area contributed by atoms with E-state index in [2.05, 4.69) is 21.2 Å². The second-order valence-electron chi connectivity index (χ2n) is 5.55. The molecule has 128 valence electrons. The van der Waals surface area contributed by atoms with Crippen molar-refractivity contribution in [2.45, 2.75) is 6.04 Å². The number of ether oxygens (including phenoxy) is 1. The summed E-state index contributed by atoms with van der Waals surface area (Å²) < 4.78 is 6.44. The fraction of sp³-hybridized carbons (Fsp3) is 0.278. The molecule has 0 bridgehead atoms. The standard InChI is InChI=1S/C18H20BrClN2O2/c1-22(2)17(15-5-3-4-6-16(15)20)11-21-18(23)12-24-14-9-7-13(19)8-10-14/h3-10,17H,11-12H2,1-2H3,(H,21,23)/t17-/m0/s1. The van der Waals surface area contributed by atoms with Gasteiger partial charge in [0.15, 0.2) is 6.61 Å². The zero-order valence-electron chi connectivity index (χ0n) is 13.6. The SMILES string of the molecule is CN(C)[C@@H](CNC(=O)COc1ccc(Br)cc1)c1ccccc1Cl. The van der Waals surface area contributed by atoms with Crippen LogP contribution in [-0.2, 0) is 4.79 Å². The Labute approximate surface area is 155 Å². The Hall–Kier alpha value is -1.56. The average Bonchev–Trinajstić information content (AvgIpc) is 2.56. The van der Waals surface area contributed by atoms with Gasteiger partial charge in [0.2, 0.25) is 0 Å². The van der Waals surface area contributed by atoms with Crippen molar-refractivity contribution in [1.29, 1.82) is 0 Å². The number of carbonyl (C=O) groups excluding carboxylic acids is 1. The fourth-order valence-corrected chi connectivity index (χ4v) is 2.78. The second kappa shape index (κ2) is 9.06. The highest BCUT2D eigenvalue weighted by Crippen LogP contribution is 2.25. The lowest BCUT2D eigenvalue weighted by molar-refractivity contribution is -0.123. The third-order valence-electron chi connectivity index (χ3n) is 3.56. The van der Waals surface area contributed by atoms with E-state index in [9.17, 15) is 4.79 Å². The monoisotopic (exact) mass is 410 g/mol. The van der Waals surface area contributed by atoms with Crippen molar-refractivity contribution in [2.24, 2.45) is 0 Å². The molecule has 1 amide bonds. The summed E-state index contributed by atoms with van der Waals surface area (Å²) in [6.07, 6.45) is 0. The van der Waals surface area contributed by atoms with Crippen LogP contribution in [0.3, 0.4) is 0 Å². The predicted octanol–water partition coefficient (Wildman–Crippen LogP) is 3.90. The Balaban J connectivity index is 1.88. The smallest absolute Gasteiger partial charge is 0.258 e. The van der Waals surface area contributed by atoms with E-state index in [4.69, 9.17) is 16.3 Å². The van der Waals surface area contributed by atoms with Crippen LogP contribution in [0.1, 0.15) is 11.6 Å². The van der Waals surface area contributed by atoms with Gasteiger partial charge in [-0.1, -0.05) is 45.7 Å². The zero-order chi connectivity index (χ0) is 17.5. The van der Waals surface area contributed by atoms with Crippen LogP contribution in [0.25, 0.3) is 0 Å². The molecule has 0 aliphatic heterocycles. The first-order valence-electron chi connectivity index (χ1n) is 7.53. The molecule has 0 heterocycles. The van der Waals surface area contributed by atoms with E-state index in [1.54, 1.807) is 0 Å². The Morgan fingerprint density at radius 1 is 1.21 bits per heavy atom. The number of nitrogens with one attached hydrogen (secondary N) is 1. The van der Waals surface area contributed by atoms with Crippen LogP contribution in [0.15, 0.2) is 53.0 Å². The summed E-state index contributed by atoms with van der Waals surface area (Å²) in [5.41, 5.74) is 0.985. The minimum Gasteiger partial charge on any atom is -0.484 e. The third kappa shape index (κ3) is 5.51. The lowest BCUT2D eigenvalue weighted by Crippen LogP contribution is -2.37. The van der Waals surface area contributed by atoms with Gasteiger partial charge in [0.05, 0.1) is 6.04 Å². The van der Waals surface area contributed by atoms with Gasteiger partial charge in [-0.25, -0.2) is 0 Å². The summed E-state index contributed by atoms with van der Waals surface area (Å²) in [4.78, 5) is 14.1. The Morgan fingerprint density at radius 2 is 1.88 bits per heavy atom. The summed E-state index contributed by atoms with van der Waals surface area (Å²) in [6, 6.07) is 15.0.